The Bertz CT molecular complexity index is 1080. The molecule has 33 heavy (non-hydrogen) atoms. The number of nitrogens with zero attached hydrogens (tertiary/aromatic N) is 2. The third-order valence-corrected chi connectivity index (χ3v) is 7.05. The molecule has 5 nitrogen and oxygen atoms in total. The smallest absolute Gasteiger partial charge is 0.294 e. The van der Waals surface area contributed by atoms with Gasteiger partial charge in [0, 0.05) is 43.5 Å². The molecule has 0 saturated carbocycles. The third kappa shape index (κ3) is 5.75. The van der Waals surface area contributed by atoms with E-state index in [1.54, 1.807) is 12.1 Å². The molecular weight excluding hydrogens is 432 g/mol. The van der Waals surface area contributed by atoms with Gasteiger partial charge in [-0.2, -0.15) is 8.42 Å². The van der Waals surface area contributed by atoms with E-state index in [9.17, 15) is 13.0 Å². The van der Waals surface area contributed by atoms with Crippen LogP contribution in [0.25, 0.3) is 0 Å². The summed E-state index contributed by atoms with van der Waals surface area (Å²) in [5, 5.41) is 0. The minimum Gasteiger partial charge on any atom is -0.372 e. The fraction of sp³-hybridized carbons (Fsp3) is 0.333. The van der Waals surface area contributed by atoms with Crippen LogP contribution in [0.1, 0.15) is 50.3 Å². The molecule has 3 aromatic rings. The average Bonchev–Trinajstić information content (AvgIpc) is 2.82. The quantitative estimate of drug-likeness (QED) is 0.302. The van der Waals surface area contributed by atoms with Gasteiger partial charge in [-0.3, -0.25) is 4.55 Å². The van der Waals surface area contributed by atoms with Crippen molar-refractivity contribution in [3.8, 4) is 0 Å². The molecule has 1 N–H and O–H groups in total. The lowest BCUT2D eigenvalue weighted by atomic mass is 9.85. The van der Waals surface area contributed by atoms with Crippen molar-refractivity contribution in [2.24, 2.45) is 0 Å². The molecule has 0 aromatic heterocycles. The first-order valence-electron chi connectivity index (χ1n) is 11.6. The largest absolute Gasteiger partial charge is 0.372 e. The van der Waals surface area contributed by atoms with Crippen molar-refractivity contribution in [2.45, 2.75) is 38.5 Å². The number of rotatable bonds is 10. The molecule has 3 aromatic carbocycles. The van der Waals surface area contributed by atoms with E-state index in [4.69, 9.17) is 0 Å². The molecule has 0 saturated heterocycles. The summed E-state index contributed by atoms with van der Waals surface area (Å²) in [5.74, 6) is -0.164. The highest BCUT2D eigenvalue weighted by Gasteiger charge is 2.20. The zero-order chi connectivity index (χ0) is 24.0. The molecule has 0 aliphatic rings. The number of benzene rings is 3. The van der Waals surface area contributed by atoms with Gasteiger partial charge in [-0.1, -0.05) is 36.4 Å². The molecule has 0 bridgehead atoms. The summed E-state index contributed by atoms with van der Waals surface area (Å²) in [4.78, 5) is 4.48. The Morgan fingerprint density at radius 3 is 1.45 bits per heavy atom. The molecule has 0 radical (unpaired) electrons. The van der Waals surface area contributed by atoms with Crippen LogP contribution in [0.5, 0.6) is 0 Å². The van der Waals surface area contributed by atoms with Gasteiger partial charge in [0.1, 0.15) is 0 Å². The normalized spacial score (nSPS) is 11.6. The van der Waals surface area contributed by atoms with Crippen LogP contribution in [0.3, 0.4) is 0 Å². The summed E-state index contributed by atoms with van der Waals surface area (Å²) >= 11 is 0. The van der Waals surface area contributed by atoms with Crippen LogP contribution in [-0.2, 0) is 10.1 Å². The fourth-order valence-electron chi connectivity index (χ4n) is 4.36. The van der Waals surface area contributed by atoms with E-state index >= 15 is 0 Å². The maximum atomic E-state index is 11.8. The lowest BCUT2D eigenvalue weighted by Crippen LogP contribution is -2.22. The minimum atomic E-state index is -4.29. The Morgan fingerprint density at radius 1 is 0.667 bits per heavy atom. The predicted octanol–water partition coefficient (Wildman–Crippen LogP) is 5.81. The van der Waals surface area contributed by atoms with Crippen LogP contribution in [0.15, 0.2) is 77.7 Å². The van der Waals surface area contributed by atoms with Crippen LogP contribution in [0.4, 0.5) is 11.4 Å². The molecule has 0 fully saturated rings. The van der Waals surface area contributed by atoms with Crippen LogP contribution in [-0.4, -0.2) is 39.1 Å². The van der Waals surface area contributed by atoms with E-state index in [2.05, 4.69) is 86.0 Å². The molecule has 0 heterocycles. The topological polar surface area (TPSA) is 60.9 Å². The Kier molecular flexibility index (Phi) is 8.16. The summed E-state index contributed by atoms with van der Waals surface area (Å²) < 4.78 is 33.2. The highest BCUT2D eigenvalue weighted by Crippen LogP contribution is 2.35. The zero-order valence-electron chi connectivity index (χ0n) is 19.9. The Hall–Kier alpha value is -2.83. The van der Waals surface area contributed by atoms with Crippen LogP contribution < -0.4 is 9.80 Å². The van der Waals surface area contributed by atoms with E-state index in [1.807, 2.05) is 6.07 Å². The van der Waals surface area contributed by atoms with E-state index in [0.717, 1.165) is 54.2 Å². The zero-order valence-corrected chi connectivity index (χ0v) is 20.7. The predicted molar refractivity (Wildman–Crippen MR) is 137 cm³/mol. The molecule has 0 unspecified atom stereocenters. The summed E-state index contributed by atoms with van der Waals surface area (Å²) in [6, 6.07) is 23.5. The summed E-state index contributed by atoms with van der Waals surface area (Å²) in [7, 11) is -4.29. The van der Waals surface area contributed by atoms with Gasteiger partial charge in [-0.25, -0.2) is 0 Å². The van der Waals surface area contributed by atoms with Crippen LogP contribution in [0, 0.1) is 0 Å². The summed E-state index contributed by atoms with van der Waals surface area (Å²) in [6.07, 6.45) is 0. The highest BCUT2D eigenvalue weighted by atomic mass is 32.2. The first-order chi connectivity index (χ1) is 15.8. The van der Waals surface area contributed by atoms with Crippen molar-refractivity contribution in [3.05, 3.63) is 89.5 Å². The molecule has 0 aliphatic carbocycles. The van der Waals surface area contributed by atoms with Crippen molar-refractivity contribution in [3.63, 3.8) is 0 Å². The van der Waals surface area contributed by atoms with Crippen LogP contribution >= 0.6 is 0 Å². The van der Waals surface area contributed by atoms with Crippen molar-refractivity contribution < 1.29 is 13.0 Å². The van der Waals surface area contributed by atoms with Gasteiger partial charge in [0.05, 0.1) is 4.90 Å². The third-order valence-electron chi connectivity index (χ3n) is 6.20. The van der Waals surface area contributed by atoms with E-state index < -0.39 is 10.1 Å². The minimum absolute atomic E-state index is 0.0930. The number of hydrogen-bond acceptors (Lipinski definition) is 4. The van der Waals surface area contributed by atoms with Crippen molar-refractivity contribution in [2.75, 3.05) is 36.0 Å². The molecule has 3 rings (SSSR count). The molecule has 0 spiro atoms. The Labute approximate surface area is 198 Å². The van der Waals surface area contributed by atoms with Gasteiger partial charge in [0.15, 0.2) is 0 Å². The van der Waals surface area contributed by atoms with Gasteiger partial charge in [0.25, 0.3) is 10.1 Å². The Balaban J connectivity index is 2.10. The van der Waals surface area contributed by atoms with Crippen molar-refractivity contribution in [1.82, 2.24) is 0 Å². The van der Waals surface area contributed by atoms with Gasteiger partial charge in [-0.15, -0.1) is 0 Å². The monoisotopic (exact) mass is 466 g/mol. The summed E-state index contributed by atoms with van der Waals surface area (Å²) in [6.45, 7) is 12.3. The second-order valence-corrected chi connectivity index (χ2v) is 9.43. The Morgan fingerprint density at radius 2 is 1.09 bits per heavy atom. The van der Waals surface area contributed by atoms with Gasteiger partial charge >= 0.3 is 0 Å². The molecule has 6 heteroatoms. The number of hydrogen-bond donors (Lipinski definition) is 1. The van der Waals surface area contributed by atoms with E-state index in [0.29, 0.717) is 0 Å². The lowest BCUT2D eigenvalue weighted by Gasteiger charge is -2.25. The number of anilines is 2. The summed E-state index contributed by atoms with van der Waals surface area (Å²) in [5.41, 5.74) is 5.26. The first kappa shape index (κ1) is 24.8. The van der Waals surface area contributed by atoms with Gasteiger partial charge < -0.3 is 9.80 Å². The maximum Gasteiger partial charge on any atom is 0.294 e. The van der Waals surface area contributed by atoms with E-state index in [1.165, 1.54) is 6.07 Å². The second kappa shape index (κ2) is 10.9. The SMILES string of the molecule is CCN(CC)c1ccc(C(c2ccc(N(CC)CC)cc2)c2cccc(S(=O)(=O)O)c2)cc1. The van der Waals surface area contributed by atoms with E-state index in [-0.39, 0.29) is 10.8 Å². The van der Waals surface area contributed by atoms with Crippen molar-refractivity contribution in [1.29, 1.82) is 0 Å². The van der Waals surface area contributed by atoms with Gasteiger partial charge in [-0.05, 0) is 80.8 Å². The highest BCUT2D eigenvalue weighted by molar-refractivity contribution is 7.85. The molecular formula is C27H34N2O3S. The van der Waals surface area contributed by atoms with Crippen molar-refractivity contribution >= 4 is 21.5 Å². The lowest BCUT2D eigenvalue weighted by molar-refractivity contribution is 0.483. The van der Waals surface area contributed by atoms with Gasteiger partial charge in [0.2, 0.25) is 0 Å². The molecule has 0 aliphatic heterocycles. The average molecular weight is 467 g/mol. The maximum absolute atomic E-state index is 11.8. The molecule has 0 atom stereocenters. The molecule has 0 amide bonds. The van der Waals surface area contributed by atoms with Crippen LogP contribution in [0.2, 0.25) is 0 Å². The standard InChI is InChI=1S/C27H34N2O3S/c1-5-28(6-2)24-16-12-21(13-17-24)27(23-10-9-11-26(20-23)33(30,31)32)22-14-18-25(19-15-22)29(7-3)8-4/h9-20,27H,5-8H2,1-4H3,(H,30,31,32). The first-order valence-corrected chi connectivity index (χ1v) is 13.0. The molecule has 176 valence electrons. The fourth-order valence-corrected chi connectivity index (χ4v) is 4.90. The second-order valence-electron chi connectivity index (χ2n) is 8.01.